The highest BCUT2D eigenvalue weighted by Crippen LogP contribution is 2.17. The van der Waals surface area contributed by atoms with Crippen LogP contribution in [0.2, 0.25) is 0 Å². The Bertz CT molecular complexity index is 694. The molecule has 0 aliphatic carbocycles. The molecular weight excluding hydrogens is 306 g/mol. The van der Waals surface area contributed by atoms with E-state index in [9.17, 15) is 18.0 Å². The zero-order valence-corrected chi connectivity index (χ0v) is 13.6. The molecule has 0 saturated heterocycles. The van der Waals surface area contributed by atoms with Crippen LogP contribution in [-0.2, 0) is 19.4 Å². The Hall–Kier alpha value is -2.15. The van der Waals surface area contributed by atoms with Gasteiger partial charge in [-0.3, -0.25) is 4.79 Å². The summed E-state index contributed by atoms with van der Waals surface area (Å²) >= 11 is 0. The molecule has 0 bridgehead atoms. The van der Waals surface area contributed by atoms with Gasteiger partial charge >= 0.3 is 5.97 Å². The lowest BCUT2D eigenvalue weighted by atomic mass is 10.1. The Morgan fingerprint density at radius 2 is 2.05 bits per heavy atom. The topological polar surface area (TPSA) is 89.5 Å². The second-order valence-corrected chi connectivity index (χ2v) is 6.85. The number of rotatable bonds is 6. The van der Waals surface area contributed by atoms with Crippen LogP contribution in [-0.4, -0.2) is 39.2 Å². The van der Waals surface area contributed by atoms with Gasteiger partial charge in [-0.05, 0) is 31.5 Å². The molecule has 0 saturated carbocycles. The molecule has 0 aromatic heterocycles. The Morgan fingerprint density at radius 3 is 2.59 bits per heavy atom. The minimum atomic E-state index is -3.43. The van der Waals surface area contributed by atoms with Crippen molar-refractivity contribution in [3.8, 4) is 0 Å². The fraction of sp³-hybridized carbons (Fsp3) is 0.333. The number of esters is 1. The van der Waals surface area contributed by atoms with Crippen molar-refractivity contribution in [3.05, 3.63) is 42.0 Å². The molecule has 0 fully saturated rings. The Balaban J connectivity index is 2.94. The van der Waals surface area contributed by atoms with E-state index in [1.807, 2.05) is 0 Å². The number of ether oxygens (including phenoxy) is 1. The van der Waals surface area contributed by atoms with Gasteiger partial charge in [0.05, 0.1) is 10.5 Å². The van der Waals surface area contributed by atoms with E-state index >= 15 is 0 Å². The zero-order chi connectivity index (χ0) is 16.9. The van der Waals surface area contributed by atoms with Gasteiger partial charge in [0.15, 0.2) is 15.9 Å². The van der Waals surface area contributed by atoms with Gasteiger partial charge in [-0.2, -0.15) is 0 Å². The fourth-order valence-corrected chi connectivity index (χ4v) is 2.29. The lowest BCUT2D eigenvalue weighted by molar-refractivity contribution is -0.128. The van der Waals surface area contributed by atoms with E-state index in [0.717, 1.165) is 6.26 Å². The zero-order valence-electron chi connectivity index (χ0n) is 12.8. The monoisotopic (exact) mass is 325 g/mol. The molecule has 0 unspecified atom stereocenters. The molecule has 22 heavy (non-hydrogen) atoms. The molecule has 0 radical (unpaired) electrons. The summed E-state index contributed by atoms with van der Waals surface area (Å²) < 4.78 is 28.1. The van der Waals surface area contributed by atoms with Crippen LogP contribution >= 0.6 is 0 Å². The van der Waals surface area contributed by atoms with E-state index in [1.54, 1.807) is 6.92 Å². The third-order valence-corrected chi connectivity index (χ3v) is 4.04. The number of hydrogen-bond acceptors (Lipinski definition) is 5. The number of hydrogen-bond donors (Lipinski definition) is 1. The fourth-order valence-electron chi connectivity index (χ4n) is 1.65. The standard InChI is InChI=1S/C15H19NO5S/c1-5-8-16-14(17)11(3)21-15(18)13-9-12(22(4,19)20)7-6-10(13)2/h5-7,9,11H,1,8H2,2-4H3,(H,16,17)/t11-/m0/s1. The number of sulfone groups is 1. The summed E-state index contributed by atoms with van der Waals surface area (Å²) in [6.45, 7) is 6.83. The van der Waals surface area contributed by atoms with Crippen molar-refractivity contribution in [2.24, 2.45) is 0 Å². The van der Waals surface area contributed by atoms with Gasteiger partial charge in [-0.25, -0.2) is 13.2 Å². The maximum absolute atomic E-state index is 12.1. The first-order chi connectivity index (χ1) is 10.2. The minimum Gasteiger partial charge on any atom is -0.449 e. The normalized spacial score (nSPS) is 12.3. The number of carbonyl (C=O) groups is 2. The summed E-state index contributed by atoms with van der Waals surface area (Å²) in [6.07, 6.45) is 1.57. The number of benzene rings is 1. The van der Waals surface area contributed by atoms with Crippen LogP contribution in [0, 0.1) is 6.92 Å². The van der Waals surface area contributed by atoms with Gasteiger partial charge in [0.1, 0.15) is 0 Å². The molecule has 7 heteroatoms. The van der Waals surface area contributed by atoms with E-state index < -0.39 is 27.8 Å². The largest absolute Gasteiger partial charge is 0.449 e. The molecule has 1 amide bonds. The van der Waals surface area contributed by atoms with Gasteiger partial charge in [-0.1, -0.05) is 12.1 Å². The smallest absolute Gasteiger partial charge is 0.339 e. The summed E-state index contributed by atoms with van der Waals surface area (Å²) in [6, 6.07) is 4.19. The van der Waals surface area contributed by atoms with Crippen LogP contribution in [0.3, 0.4) is 0 Å². The number of carbonyl (C=O) groups excluding carboxylic acids is 2. The van der Waals surface area contributed by atoms with Crippen molar-refractivity contribution >= 4 is 21.7 Å². The summed E-state index contributed by atoms with van der Waals surface area (Å²) in [5.41, 5.74) is 0.683. The van der Waals surface area contributed by atoms with E-state index in [0.29, 0.717) is 5.56 Å². The molecule has 1 N–H and O–H groups in total. The van der Waals surface area contributed by atoms with Gasteiger partial charge in [0.25, 0.3) is 5.91 Å². The van der Waals surface area contributed by atoms with E-state index in [2.05, 4.69) is 11.9 Å². The van der Waals surface area contributed by atoms with E-state index in [4.69, 9.17) is 4.74 Å². The van der Waals surface area contributed by atoms with Gasteiger partial charge in [-0.15, -0.1) is 6.58 Å². The summed E-state index contributed by atoms with van der Waals surface area (Å²) in [4.78, 5) is 23.8. The number of amides is 1. The van der Waals surface area contributed by atoms with Crippen LogP contribution in [0.5, 0.6) is 0 Å². The first-order valence-electron chi connectivity index (χ1n) is 6.57. The molecule has 0 aliphatic rings. The van der Waals surface area contributed by atoms with Gasteiger partial charge in [0.2, 0.25) is 0 Å². The number of nitrogens with one attached hydrogen (secondary N) is 1. The molecule has 1 atom stereocenters. The molecule has 1 aromatic carbocycles. The molecule has 1 rings (SSSR count). The van der Waals surface area contributed by atoms with Crippen molar-refractivity contribution in [2.45, 2.75) is 24.8 Å². The van der Waals surface area contributed by atoms with Gasteiger partial charge < -0.3 is 10.1 Å². The maximum Gasteiger partial charge on any atom is 0.339 e. The Kier molecular flexibility index (Phi) is 5.87. The highest BCUT2D eigenvalue weighted by molar-refractivity contribution is 7.90. The summed E-state index contributed by atoms with van der Waals surface area (Å²) in [5.74, 6) is -1.20. The quantitative estimate of drug-likeness (QED) is 0.628. The minimum absolute atomic E-state index is 0.0220. The van der Waals surface area contributed by atoms with Crippen LogP contribution in [0.15, 0.2) is 35.7 Å². The second kappa shape index (κ2) is 7.22. The Morgan fingerprint density at radius 1 is 1.41 bits per heavy atom. The van der Waals surface area contributed by atoms with Crippen molar-refractivity contribution < 1.29 is 22.7 Å². The third-order valence-electron chi connectivity index (χ3n) is 2.93. The van der Waals surface area contributed by atoms with E-state index in [-0.39, 0.29) is 17.0 Å². The van der Waals surface area contributed by atoms with Crippen LogP contribution in [0.25, 0.3) is 0 Å². The first kappa shape index (κ1) is 17.9. The van der Waals surface area contributed by atoms with Crippen LogP contribution < -0.4 is 5.32 Å². The predicted molar refractivity (Wildman–Crippen MR) is 82.4 cm³/mol. The molecule has 6 nitrogen and oxygen atoms in total. The third kappa shape index (κ3) is 4.70. The van der Waals surface area contributed by atoms with Crippen LogP contribution in [0.1, 0.15) is 22.8 Å². The lowest BCUT2D eigenvalue weighted by Crippen LogP contribution is -2.36. The number of aryl methyl sites for hydroxylation is 1. The van der Waals surface area contributed by atoms with Crippen molar-refractivity contribution in [1.82, 2.24) is 5.32 Å². The average molecular weight is 325 g/mol. The molecule has 1 aromatic rings. The molecular formula is C15H19NO5S. The maximum atomic E-state index is 12.1. The summed E-state index contributed by atoms with van der Waals surface area (Å²) in [5, 5.41) is 2.51. The summed E-state index contributed by atoms with van der Waals surface area (Å²) in [7, 11) is -3.43. The molecule has 0 heterocycles. The van der Waals surface area contributed by atoms with Gasteiger partial charge in [0, 0.05) is 12.8 Å². The van der Waals surface area contributed by atoms with Crippen molar-refractivity contribution in [1.29, 1.82) is 0 Å². The predicted octanol–water partition coefficient (Wildman–Crippen LogP) is 1.25. The first-order valence-corrected chi connectivity index (χ1v) is 8.46. The van der Waals surface area contributed by atoms with E-state index in [1.165, 1.54) is 31.2 Å². The molecule has 0 spiro atoms. The molecule has 120 valence electrons. The Labute approximate surface area is 130 Å². The average Bonchev–Trinajstić information content (AvgIpc) is 2.43. The lowest BCUT2D eigenvalue weighted by Gasteiger charge is -2.14. The second-order valence-electron chi connectivity index (χ2n) is 4.83. The SMILES string of the molecule is C=CCNC(=O)[C@H](C)OC(=O)c1cc(S(C)(=O)=O)ccc1C. The van der Waals surface area contributed by atoms with Crippen molar-refractivity contribution in [2.75, 3.05) is 12.8 Å². The molecule has 0 aliphatic heterocycles. The highest BCUT2D eigenvalue weighted by atomic mass is 32.2. The van der Waals surface area contributed by atoms with Crippen LogP contribution in [0.4, 0.5) is 0 Å². The van der Waals surface area contributed by atoms with Crippen molar-refractivity contribution in [3.63, 3.8) is 0 Å². The highest BCUT2D eigenvalue weighted by Gasteiger charge is 2.21.